The second-order valence-corrected chi connectivity index (χ2v) is 7.27. The fraction of sp³-hybridized carbons (Fsp3) is 0.556. The Bertz CT molecular complexity index is 733. The Morgan fingerprint density at radius 2 is 2.21 bits per heavy atom. The summed E-state index contributed by atoms with van der Waals surface area (Å²) in [7, 11) is 1.62. The molecule has 0 radical (unpaired) electrons. The minimum Gasteiger partial charge on any atom is -0.481 e. The van der Waals surface area contributed by atoms with Crippen LogP contribution in [0, 0.1) is 0 Å². The van der Waals surface area contributed by atoms with E-state index in [0.29, 0.717) is 12.4 Å². The molecule has 2 aromatic rings. The Labute approximate surface area is 142 Å². The average molecular weight is 331 g/mol. The SMILES string of the molecule is COc1nccc2[nH]c(C3CCCN(C(=O)OC(C)(C)C)C3)cc12. The van der Waals surface area contributed by atoms with Crippen LogP contribution in [0.5, 0.6) is 5.88 Å². The number of hydrogen-bond donors (Lipinski definition) is 1. The highest BCUT2D eigenvalue weighted by atomic mass is 16.6. The first-order chi connectivity index (χ1) is 11.4. The van der Waals surface area contributed by atoms with Crippen molar-refractivity contribution in [2.75, 3.05) is 20.2 Å². The molecule has 3 heterocycles. The van der Waals surface area contributed by atoms with Crippen LogP contribution in [0.25, 0.3) is 10.9 Å². The van der Waals surface area contributed by atoms with E-state index in [1.54, 1.807) is 18.2 Å². The van der Waals surface area contributed by atoms with Gasteiger partial charge in [0.1, 0.15) is 5.60 Å². The molecule has 0 bridgehead atoms. The van der Waals surface area contributed by atoms with Crippen molar-refractivity contribution in [3.63, 3.8) is 0 Å². The normalized spacial score (nSPS) is 18.7. The number of carbonyl (C=O) groups excluding carboxylic acids is 1. The molecular weight excluding hydrogens is 306 g/mol. The number of aromatic nitrogens is 2. The van der Waals surface area contributed by atoms with Crippen LogP contribution in [-0.4, -0.2) is 46.8 Å². The Kier molecular flexibility index (Phi) is 4.39. The first-order valence-electron chi connectivity index (χ1n) is 8.37. The van der Waals surface area contributed by atoms with E-state index in [2.05, 4.69) is 16.0 Å². The van der Waals surface area contributed by atoms with Gasteiger partial charge in [-0.3, -0.25) is 0 Å². The lowest BCUT2D eigenvalue weighted by atomic mass is 9.95. The molecule has 130 valence electrons. The maximum Gasteiger partial charge on any atom is 0.410 e. The highest BCUT2D eigenvalue weighted by Crippen LogP contribution is 2.32. The van der Waals surface area contributed by atoms with E-state index in [1.807, 2.05) is 26.8 Å². The van der Waals surface area contributed by atoms with Crippen LogP contribution >= 0.6 is 0 Å². The van der Waals surface area contributed by atoms with E-state index < -0.39 is 5.60 Å². The summed E-state index contributed by atoms with van der Waals surface area (Å²) < 4.78 is 10.8. The highest BCUT2D eigenvalue weighted by molar-refractivity contribution is 5.85. The third-order valence-corrected chi connectivity index (χ3v) is 4.24. The van der Waals surface area contributed by atoms with E-state index in [1.165, 1.54) is 0 Å². The van der Waals surface area contributed by atoms with Crippen molar-refractivity contribution in [3.8, 4) is 5.88 Å². The lowest BCUT2D eigenvalue weighted by molar-refractivity contribution is 0.0197. The summed E-state index contributed by atoms with van der Waals surface area (Å²) in [6.07, 6.45) is 3.51. The van der Waals surface area contributed by atoms with Crippen molar-refractivity contribution in [2.24, 2.45) is 0 Å². The Morgan fingerprint density at radius 1 is 1.42 bits per heavy atom. The van der Waals surface area contributed by atoms with Crippen molar-refractivity contribution >= 4 is 17.0 Å². The minimum atomic E-state index is -0.468. The van der Waals surface area contributed by atoms with Gasteiger partial charge in [-0.2, -0.15) is 0 Å². The number of pyridine rings is 1. The number of aromatic amines is 1. The van der Waals surface area contributed by atoms with E-state index in [4.69, 9.17) is 9.47 Å². The molecule has 1 amide bonds. The first kappa shape index (κ1) is 16.6. The number of methoxy groups -OCH3 is 1. The molecule has 1 unspecified atom stereocenters. The molecule has 1 N–H and O–H groups in total. The Balaban J connectivity index is 1.79. The van der Waals surface area contributed by atoms with Crippen molar-refractivity contribution in [2.45, 2.75) is 45.1 Å². The maximum absolute atomic E-state index is 12.3. The molecule has 1 aliphatic rings. The fourth-order valence-corrected chi connectivity index (χ4v) is 3.16. The number of ether oxygens (including phenoxy) is 2. The number of fused-ring (bicyclic) bond motifs is 1. The molecule has 1 fully saturated rings. The van der Waals surface area contributed by atoms with Crippen LogP contribution in [0.2, 0.25) is 0 Å². The summed E-state index contributed by atoms with van der Waals surface area (Å²) >= 11 is 0. The summed E-state index contributed by atoms with van der Waals surface area (Å²) in [6, 6.07) is 4.03. The van der Waals surface area contributed by atoms with Crippen LogP contribution in [0.15, 0.2) is 18.3 Å². The molecule has 1 saturated heterocycles. The Hall–Kier alpha value is -2.24. The van der Waals surface area contributed by atoms with Crippen molar-refractivity contribution in [1.29, 1.82) is 0 Å². The van der Waals surface area contributed by atoms with Gasteiger partial charge in [-0.05, 0) is 45.7 Å². The molecule has 24 heavy (non-hydrogen) atoms. The smallest absolute Gasteiger partial charge is 0.410 e. The highest BCUT2D eigenvalue weighted by Gasteiger charge is 2.29. The number of hydrogen-bond acceptors (Lipinski definition) is 4. The number of amides is 1. The summed E-state index contributed by atoms with van der Waals surface area (Å²) in [4.78, 5) is 21.8. The van der Waals surface area contributed by atoms with E-state index in [9.17, 15) is 4.79 Å². The largest absolute Gasteiger partial charge is 0.481 e. The third-order valence-electron chi connectivity index (χ3n) is 4.24. The molecule has 0 aliphatic carbocycles. The number of rotatable bonds is 2. The van der Waals surface area contributed by atoms with Gasteiger partial charge >= 0.3 is 6.09 Å². The lowest BCUT2D eigenvalue weighted by Gasteiger charge is -2.33. The zero-order valence-corrected chi connectivity index (χ0v) is 14.8. The van der Waals surface area contributed by atoms with Crippen LogP contribution in [0.1, 0.15) is 45.2 Å². The van der Waals surface area contributed by atoms with Gasteiger partial charge in [0.15, 0.2) is 0 Å². The van der Waals surface area contributed by atoms with Gasteiger partial charge in [-0.25, -0.2) is 9.78 Å². The van der Waals surface area contributed by atoms with Crippen molar-refractivity contribution < 1.29 is 14.3 Å². The molecule has 0 spiro atoms. The molecule has 6 heteroatoms. The number of nitrogens with one attached hydrogen (secondary N) is 1. The van der Waals surface area contributed by atoms with Crippen molar-refractivity contribution in [1.82, 2.24) is 14.9 Å². The minimum absolute atomic E-state index is 0.234. The van der Waals surface area contributed by atoms with Gasteiger partial charge in [0.25, 0.3) is 0 Å². The average Bonchev–Trinajstić information content (AvgIpc) is 2.97. The van der Waals surface area contributed by atoms with Crippen LogP contribution < -0.4 is 4.74 Å². The van der Waals surface area contributed by atoms with Gasteiger partial charge < -0.3 is 19.4 Å². The zero-order valence-electron chi connectivity index (χ0n) is 14.8. The van der Waals surface area contributed by atoms with E-state index >= 15 is 0 Å². The zero-order chi connectivity index (χ0) is 17.3. The summed E-state index contributed by atoms with van der Waals surface area (Å²) in [5.41, 5.74) is 1.65. The molecule has 1 aliphatic heterocycles. The van der Waals surface area contributed by atoms with Crippen molar-refractivity contribution in [3.05, 3.63) is 24.0 Å². The number of nitrogens with zero attached hydrogens (tertiary/aromatic N) is 2. The van der Waals surface area contributed by atoms with E-state index in [-0.39, 0.29) is 12.0 Å². The van der Waals surface area contributed by atoms with Gasteiger partial charge in [0, 0.05) is 30.9 Å². The quantitative estimate of drug-likeness (QED) is 0.911. The second-order valence-electron chi connectivity index (χ2n) is 7.27. The summed E-state index contributed by atoms with van der Waals surface area (Å²) in [5.74, 6) is 0.887. The van der Waals surface area contributed by atoms with Crippen LogP contribution in [-0.2, 0) is 4.74 Å². The Morgan fingerprint density at radius 3 is 2.92 bits per heavy atom. The van der Waals surface area contributed by atoms with Gasteiger partial charge in [0.05, 0.1) is 18.0 Å². The predicted octanol–water partition coefficient (Wildman–Crippen LogP) is 3.69. The molecule has 0 aromatic carbocycles. The topological polar surface area (TPSA) is 67.5 Å². The molecule has 6 nitrogen and oxygen atoms in total. The standard InChI is InChI=1S/C18H25N3O3/c1-18(2,3)24-17(22)21-9-5-6-12(11-21)15-10-13-14(20-15)7-8-19-16(13)23-4/h7-8,10,12,20H,5-6,9,11H2,1-4H3. The third kappa shape index (κ3) is 3.47. The van der Waals surface area contributed by atoms with Gasteiger partial charge in [-0.15, -0.1) is 0 Å². The molecule has 1 atom stereocenters. The molecule has 0 saturated carbocycles. The van der Waals surface area contributed by atoms with Gasteiger partial charge in [0.2, 0.25) is 5.88 Å². The van der Waals surface area contributed by atoms with Crippen LogP contribution in [0.4, 0.5) is 4.79 Å². The predicted molar refractivity (Wildman–Crippen MR) is 92.4 cm³/mol. The molecule has 2 aromatic heterocycles. The summed E-state index contributed by atoms with van der Waals surface area (Å²) in [5, 5.41) is 0.976. The summed E-state index contributed by atoms with van der Waals surface area (Å²) in [6.45, 7) is 7.09. The number of piperidine rings is 1. The fourth-order valence-electron chi connectivity index (χ4n) is 3.16. The monoisotopic (exact) mass is 331 g/mol. The number of carbonyl (C=O) groups is 1. The maximum atomic E-state index is 12.3. The first-order valence-corrected chi connectivity index (χ1v) is 8.37. The number of likely N-dealkylation sites (tertiary alicyclic amines) is 1. The molecule has 3 rings (SSSR count). The van der Waals surface area contributed by atoms with Gasteiger partial charge in [-0.1, -0.05) is 0 Å². The van der Waals surface area contributed by atoms with Crippen LogP contribution in [0.3, 0.4) is 0 Å². The molecular formula is C18H25N3O3. The number of H-pyrrole nitrogens is 1. The lowest BCUT2D eigenvalue weighted by Crippen LogP contribution is -2.42. The second kappa shape index (κ2) is 6.34. The van der Waals surface area contributed by atoms with E-state index in [0.717, 1.165) is 36.0 Å².